The second-order valence-corrected chi connectivity index (χ2v) is 6.10. The van der Waals surface area contributed by atoms with Gasteiger partial charge in [0.25, 0.3) is 0 Å². The molecule has 1 aromatic carbocycles. The van der Waals surface area contributed by atoms with Gasteiger partial charge in [-0.3, -0.25) is 4.79 Å². The molecule has 2 aliphatic rings. The number of likely N-dealkylation sites (tertiary alicyclic amines) is 1. The number of hydrogen-bond acceptors (Lipinski definition) is 3. The predicted octanol–water partition coefficient (Wildman–Crippen LogP) is 1.30. The van der Waals surface area contributed by atoms with E-state index in [4.69, 9.17) is 0 Å². The highest BCUT2D eigenvalue weighted by Gasteiger charge is 2.23. The third kappa shape index (κ3) is 3.83. The number of carbonyl (C=O) groups is 1. The van der Waals surface area contributed by atoms with Gasteiger partial charge in [0.2, 0.25) is 5.91 Å². The van der Waals surface area contributed by atoms with Crippen LogP contribution in [0.4, 0.5) is 0 Å². The van der Waals surface area contributed by atoms with E-state index in [2.05, 4.69) is 39.8 Å². The number of benzene rings is 1. The Morgan fingerprint density at radius 1 is 1.19 bits per heavy atom. The summed E-state index contributed by atoms with van der Waals surface area (Å²) in [7, 11) is 0. The number of hydrogen-bond donors (Lipinski definition) is 2. The zero-order chi connectivity index (χ0) is 14.5. The minimum atomic E-state index is -0.0822. The Morgan fingerprint density at radius 2 is 1.95 bits per heavy atom. The molecule has 1 fully saturated rings. The maximum atomic E-state index is 12.3. The van der Waals surface area contributed by atoms with Crippen LogP contribution in [0.2, 0.25) is 0 Å². The highest BCUT2D eigenvalue weighted by molar-refractivity contribution is 5.82. The van der Waals surface area contributed by atoms with Crippen LogP contribution in [0, 0.1) is 0 Å². The van der Waals surface area contributed by atoms with Crippen molar-refractivity contribution in [3.63, 3.8) is 0 Å². The summed E-state index contributed by atoms with van der Waals surface area (Å²) < 4.78 is 0. The summed E-state index contributed by atoms with van der Waals surface area (Å²) in [6.07, 6.45) is 4.75. The van der Waals surface area contributed by atoms with Gasteiger partial charge in [-0.1, -0.05) is 30.7 Å². The maximum absolute atomic E-state index is 12.3. The van der Waals surface area contributed by atoms with Crippen molar-refractivity contribution in [3.8, 4) is 0 Å². The number of amides is 1. The SMILES string of the molecule is O=C(NCCN1CCCCC1)[C@@H]1Cc2ccccc2CN1. The van der Waals surface area contributed by atoms with Crippen LogP contribution in [0.3, 0.4) is 0 Å². The molecule has 0 aromatic heterocycles. The highest BCUT2D eigenvalue weighted by atomic mass is 16.2. The van der Waals surface area contributed by atoms with E-state index in [9.17, 15) is 4.79 Å². The minimum absolute atomic E-state index is 0.0822. The molecule has 0 saturated carbocycles. The second kappa shape index (κ2) is 7.05. The monoisotopic (exact) mass is 287 g/mol. The van der Waals surface area contributed by atoms with Crippen molar-refractivity contribution in [2.45, 2.75) is 38.3 Å². The quantitative estimate of drug-likeness (QED) is 0.877. The Kier molecular flexibility index (Phi) is 4.88. The van der Waals surface area contributed by atoms with Crippen molar-refractivity contribution >= 4 is 5.91 Å². The van der Waals surface area contributed by atoms with Gasteiger partial charge in [-0.25, -0.2) is 0 Å². The van der Waals surface area contributed by atoms with E-state index in [0.29, 0.717) is 0 Å². The van der Waals surface area contributed by atoms with Gasteiger partial charge >= 0.3 is 0 Å². The number of fused-ring (bicyclic) bond motifs is 1. The molecule has 0 unspecified atom stereocenters. The Morgan fingerprint density at radius 3 is 2.76 bits per heavy atom. The van der Waals surface area contributed by atoms with E-state index < -0.39 is 0 Å². The number of nitrogens with one attached hydrogen (secondary N) is 2. The van der Waals surface area contributed by atoms with Gasteiger partial charge in [-0.2, -0.15) is 0 Å². The molecule has 0 bridgehead atoms. The van der Waals surface area contributed by atoms with Gasteiger partial charge in [0.1, 0.15) is 0 Å². The molecule has 3 rings (SSSR count). The first-order valence-corrected chi connectivity index (χ1v) is 8.13. The normalized spacial score (nSPS) is 22.6. The first kappa shape index (κ1) is 14.5. The van der Waals surface area contributed by atoms with Gasteiger partial charge in [0.05, 0.1) is 6.04 Å². The van der Waals surface area contributed by atoms with Gasteiger partial charge in [0.15, 0.2) is 0 Å². The van der Waals surface area contributed by atoms with Crippen LogP contribution in [0.25, 0.3) is 0 Å². The number of piperidine rings is 1. The fourth-order valence-electron chi connectivity index (χ4n) is 3.28. The summed E-state index contributed by atoms with van der Waals surface area (Å²) in [5.41, 5.74) is 2.61. The lowest BCUT2D eigenvalue weighted by Gasteiger charge is -2.28. The molecule has 0 radical (unpaired) electrons. The number of rotatable bonds is 4. The van der Waals surface area contributed by atoms with Crippen LogP contribution in [0.1, 0.15) is 30.4 Å². The summed E-state index contributed by atoms with van der Waals surface area (Å²) in [5, 5.41) is 6.43. The molecule has 4 heteroatoms. The van der Waals surface area contributed by atoms with Gasteiger partial charge in [-0.15, -0.1) is 0 Å². The molecule has 4 nitrogen and oxygen atoms in total. The molecule has 2 aliphatic heterocycles. The van der Waals surface area contributed by atoms with E-state index in [0.717, 1.165) is 26.1 Å². The third-order valence-electron chi connectivity index (χ3n) is 4.57. The van der Waals surface area contributed by atoms with Crippen LogP contribution in [0.5, 0.6) is 0 Å². The lowest BCUT2D eigenvalue weighted by Crippen LogP contribution is -2.49. The van der Waals surface area contributed by atoms with E-state index in [1.54, 1.807) is 0 Å². The Balaban J connectivity index is 1.44. The second-order valence-electron chi connectivity index (χ2n) is 6.10. The lowest BCUT2D eigenvalue weighted by molar-refractivity contribution is -0.123. The third-order valence-corrected chi connectivity index (χ3v) is 4.57. The minimum Gasteiger partial charge on any atom is -0.353 e. The molecule has 1 amide bonds. The van der Waals surface area contributed by atoms with Crippen LogP contribution < -0.4 is 10.6 Å². The molecular formula is C17H25N3O. The first-order chi connectivity index (χ1) is 10.3. The highest BCUT2D eigenvalue weighted by Crippen LogP contribution is 2.16. The summed E-state index contributed by atoms with van der Waals surface area (Å²) in [6.45, 7) is 4.91. The largest absolute Gasteiger partial charge is 0.353 e. The summed E-state index contributed by atoms with van der Waals surface area (Å²) in [4.78, 5) is 14.7. The smallest absolute Gasteiger partial charge is 0.237 e. The topological polar surface area (TPSA) is 44.4 Å². The molecule has 0 spiro atoms. The molecule has 1 aromatic rings. The molecule has 0 aliphatic carbocycles. The van der Waals surface area contributed by atoms with Crippen molar-refractivity contribution in [1.82, 2.24) is 15.5 Å². The van der Waals surface area contributed by atoms with Crippen molar-refractivity contribution in [1.29, 1.82) is 0 Å². The van der Waals surface area contributed by atoms with E-state index in [-0.39, 0.29) is 11.9 Å². The van der Waals surface area contributed by atoms with Crippen molar-refractivity contribution in [3.05, 3.63) is 35.4 Å². The molecule has 1 saturated heterocycles. The standard InChI is InChI=1S/C17H25N3O/c21-17(18-8-11-20-9-4-1-5-10-20)16-12-14-6-2-3-7-15(14)13-19-16/h2-3,6-7,16,19H,1,4-5,8-13H2,(H,18,21)/t16-/m0/s1. The Bertz CT molecular complexity index is 483. The zero-order valence-corrected chi connectivity index (χ0v) is 12.6. The van der Waals surface area contributed by atoms with Crippen LogP contribution in [-0.4, -0.2) is 43.0 Å². The van der Waals surface area contributed by atoms with Crippen LogP contribution in [-0.2, 0) is 17.8 Å². The van der Waals surface area contributed by atoms with Gasteiger partial charge in [0, 0.05) is 19.6 Å². The summed E-state index contributed by atoms with van der Waals surface area (Å²) >= 11 is 0. The summed E-state index contributed by atoms with van der Waals surface area (Å²) in [6, 6.07) is 8.28. The summed E-state index contributed by atoms with van der Waals surface area (Å²) in [5.74, 6) is 0.140. The van der Waals surface area contributed by atoms with Crippen molar-refractivity contribution < 1.29 is 4.79 Å². The molecule has 21 heavy (non-hydrogen) atoms. The van der Waals surface area contributed by atoms with Gasteiger partial charge < -0.3 is 15.5 Å². The Labute approximate surface area is 126 Å². The average Bonchev–Trinajstić information content (AvgIpc) is 2.55. The fraction of sp³-hybridized carbons (Fsp3) is 0.588. The van der Waals surface area contributed by atoms with Crippen LogP contribution in [0.15, 0.2) is 24.3 Å². The maximum Gasteiger partial charge on any atom is 0.237 e. The fourth-order valence-corrected chi connectivity index (χ4v) is 3.28. The van der Waals surface area contributed by atoms with E-state index in [1.165, 1.54) is 43.5 Å². The zero-order valence-electron chi connectivity index (χ0n) is 12.6. The molecular weight excluding hydrogens is 262 g/mol. The Hall–Kier alpha value is -1.39. The molecule has 2 heterocycles. The number of nitrogens with zero attached hydrogens (tertiary/aromatic N) is 1. The van der Waals surface area contributed by atoms with Crippen molar-refractivity contribution in [2.24, 2.45) is 0 Å². The molecule has 114 valence electrons. The van der Waals surface area contributed by atoms with E-state index in [1.807, 2.05) is 0 Å². The first-order valence-electron chi connectivity index (χ1n) is 8.13. The lowest BCUT2D eigenvalue weighted by atomic mass is 9.95. The van der Waals surface area contributed by atoms with Crippen LogP contribution >= 0.6 is 0 Å². The molecule has 1 atom stereocenters. The molecule has 2 N–H and O–H groups in total. The number of carbonyl (C=O) groups excluding carboxylic acids is 1. The van der Waals surface area contributed by atoms with E-state index >= 15 is 0 Å². The van der Waals surface area contributed by atoms with Crippen molar-refractivity contribution in [2.75, 3.05) is 26.2 Å². The predicted molar refractivity (Wildman–Crippen MR) is 84.1 cm³/mol. The average molecular weight is 287 g/mol. The van der Waals surface area contributed by atoms with Gasteiger partial charge in [-0.05, 0) is 43.5 Å².